The van der Waals surface area contributed by atoms with Crippen LogP contribution in [-0.2, 0) is 13.0 Å². The minimum Gasteiger partial charge on any atom is -0.395 e. The van der Waals surface area contributed by atoms with Crippen LogP contribution >= 0.6 is 0 Å². The maximum atomic E-state index is 13.4. The van der Waals surface area contributed by atoms with Gasteiger partial charge in [0.15, 0.2) is 5.82 Å². The Labute approximate surface area is 194 Å². The molecule has 0 saturated carbocycles. The van der Waals surface area contributed by atoms with Crippen LogP contribution in [0.5, 0.6) is 0 Å². The van der Waals surface area contributed by atoms with Gasteiger partial charge in [-0.15, -0.1) is 0 Å². The van der Waals surface area contributed by atoms with Gasteiger partial charge in [0.25, 0.3) is 5.56 Å². The lowest BCUT2D eigenvalue weighted by molar-refractivity contribution is 0.103. The van der Waals surface area contributed by atoms with E-state index in [-0.39, 0.29) is 23.8 Å². The van der Waals surface area contributed by atoms with Crippen LogP contribution in [0, 0.1) is 0 Å². The monoisotopic (exact) mass is 447 g/mol. The first kappa shape index (κ1) is 23.3. The van der Waals surface area contributed by atoms with E-state index in [1.54, 1.807) is 6.07 Å². The third-order valence-electron chi connectivity index (χ3n) is 6.44. The molecule has 1 aromatic heterocycles. The molecule has 0 saturated heterocycles. The third kappa shape index (κ3) is 4.92. The molecule has 33 heavy (non-hydrogen) atoms. The summed E-state index contributed by atoms with van der Waals surface area (Å²) in [6.07, 6.45) is 8.34. The second-order valence-electron chi connectivity index (χ2n) is 9.09. The van der Waals surface area contributed by atoms with Gasteiger partial charge in [-0.05, 0) is 55.3 Å². The number of fused-ring (bicyclic) bond motifs is 4. The molecule has 3 aromatic rings. The number of rotatable bonds is 11. The third-order valence-corrected chi connectivity index (χ3v) is 6.44. The second kappa shape index (κ2) is 10.4. The standard InChI is InChI=1S/C27H33N3O3/c1-3-4-5-6-7-8-9-19-11-13-24-22(16-19)25(32)26-28-23-12-10-20(18-29(2)14-15-31)17-21(23)27(33)30(24)26/h10-13,16-17,31H,3-9,14-15,18H2,1-2H3. The van der Waals surface area contributed by atoms with Crippen molar-refractivity contribution in [3.8, 4) is 5.69 Å². The summed E-state index contributed by atoms with van der Waals surface area (Å²) in [6.45, 7) is 3.48. The Hall–Kier alpha value is -2.83. The number of likely N-dealkylation sites (N-methyl/N-ethyl adjacent to an activating group) is 1. The Balaban J connectivity index is 1.59. The van der Waals surface area contributed by atoms with Crippen molar-refractivity contribution in [2.45, 2.75) is 58.4 Å². The van der Waals surface area contributed by atoms with Crippen molar-refractivity contribution in [3.05, 3.63) is 69.3 Å². The van der Waals surface area contributed by atoms with Crippen molar-refractivity contribution in [3.63, 3.8) is 0 Å². The molecule has 6 nitrogen and oxygen atoms in total. The zero-order valence-electron chi connectivity index (χ0n) is 19.6. The number of aliphatic hydroxyl groups is 1. The molecule has 1 aliphatic rings. The maximum Gasteiger partial charge on any atom is 0.266 e. The summed E-state index contributed by atoms with van der Waals surface area (Å²) >= 11 is 0. The van der Waals surface area contributed by atoms with Gasteiger partial charge < -0.3 is 5.11 Å². The number of carbonyl (C=O) groups excluding carboxylic acids is 1. The van der Waals surface area contributed by atoms with E-state index >= 15 is 0 Å². The van der Waals surface area contributed by atoms with Gasteiger partial charge in [-0.3, -0.25) is 19.1 Å². The molecule has 4 rings (SSSR count). The Morgan fingerprint density at radius 3 is 2.52 bits per heavy atom. The SMILES string of the molecule is CCCCCCCCc1ccc2c(c1)C(=O)c1nc3ccc(CN(C)CCO)cc3c(=O)n1-2. The van der Waals surface area contributed by atoms with Crippen LogP contribution in [-0.4, -0.2) is 45.5 Å². The van der Waals surface area contributed by atoms with Crippen LogP contribution in [0.2, 0.25) is 0 Å². The molecule has 2 heterocycles. The highest BCUT2D eigenvalue weighted by Crippen LogP contribution is 2.28. The fourth-order valence-corrected chi connectivity index (χ4v) is 4.61. The summed E-state index contributed by atoms with van der Waals surface area (Å²) in [5.74, 6) is 0.0184. The number of aromatic nitrogens is 2. The lowest BCUT2D eigenvalue weighted by Gasteiger charge is -2.15. The molecule has 0 amide bonds. The number of hydrogen-bond donors (Lipinski definition) is 1. The number of ketones is 1. The molecule has 174 valence electrons. The molecular weight excluding hydrogens is 414 g/mol. The van der Waals surface area contributed by atoms with Crippen molar-refractivity contribution in [1.29, 1.82) is 0 Å². The summed E-state index contributed by atoms with van der Waals surface area (Å²) in [6, 6.07) is 11.4. The van der Waals surface area contributed by atoms with Crippen molar-refractivity contribution < 1.29 is 9.90 Å². The van der Waals surface area contributed by atoms with Crippen LogP contribution in [0.1, 0.15) is 72.8 Å². The van der Waals surface area contributed by atoms with Crippen LogP contribution in [0.4, 0.5) is 0 Å². The van der Waals surface area contributed by atoms with Gasteiger partial charge in [0, 0.05) is 13.1 Å². The zero-order chi connectivity index (χ0) is 23.4. The Bertz CT molecular complexity index is 1220. The van der Waals surface area contributed by atoms with E-state index in [4.69, 9.17) is 5.11 Å². The van der Waals surface area contributed by atoms with Gasteiger partial charge in [0.2, 0.25) is 5.78 Å². The molecule has 0 atom stereocenters. The quantitative estimate of drug-likeness (QED) is 0.348. The van der Waals surface area contributed by atoms with Gasteiger partial charge in [-0.25, -0.2) is 4.98 Å². The Morgan fingerprint density at radius 2 is 1.73 bits per heavy atom. The van der Waals surface area contributed by atoms with Crippen LogP contribution < -0.4 is 5.56 Å². The van der Waals surface area contributed by atoms with Gasteiger partial charge in [-0.2, -0.15) is 0 Å². The molecule has 0 bridgehead atoms. The van der Waals surface area contributed by atoms with Crippen molar-refractivity contribution in [2.24, 2.45) is 0 Å². The first-order valence-electron chi connectivity index (χ1n) is 12.1. The van der Waals surface area contributed by atoms with E-state index in [2.05, 4.69) is 11.9 Å². The summed E-state index contributed by atoms with van der Waals surface area (Å²) in [5.41, 5.74) is 3.63. The lowest BCUT2D eigenvalue weighted by atomic mass is 10.0. The van der Waals surface area contributed by atoms with E-state index in [9.17, 15) is 9.59 Å². The van der Waals surface area contributed by atoms with Gasteiger partial charge in [-0.1, -0.05) is 51.2 Å². The lowest BCUT2D eigenvalue weighted by Crippen LogP contribution is -2.23. The highest BCUT2D eigenvalue weighted by Gasteiger charge is 2.30. The average molecular weight is 448 g/mol. The van der Waals surface area contributed by atoms with Crippen LogP contribution in [0.25, 0.3) is 16.6 Å². The molecule has 1 N–H and O–H groups in total. The largest absolute Gasteiger partial charge is 0.395 e. The first-order chi connectivity index (χ1) is 16.0. The fourth-order valence-electron chi connectivity index (χ4n) is 4.61. The molecule has 1 aliphatic heterocycles. The van der Waals surface area contributed by atoms with E-state index in [1.165, 1.54) is 36.7 Å². The Morgan fingerprint density at radius 1 is 0.970 bits per heavy atom. The van der Waals surface area contributed by atoms with E-state index in [0.29, 0.717) is 35.2 Å². The van der Waals surface area contributed by atoms with Crippen molar-refractivity contribution in [1.82, 2.24) is 14.5 Å². The second-order valence-corrected chi connectivity index (χ2v) is 9.09. The number of hydrogen-bond acceptors (Lipinski definition) is 5. The number of nitrogens with zero attached hydrogens (tertiary/aromatic N) is 3. The predicted octanol–water partition coefficient (Wildman–Crippen LogP) is 4.26. The number of aliphatic hydroxyl groups excluding tert-OH is 1. The summed E-state index contributed by atoms with van der Waals surface area (Å²) in [5, 5.41) is 9.63. The van der Waals surface area contributed by atoms with E-state index in [0.717, 1.165) is 24.0 Å². The van der Waals surface area contributed by atoms with Gasteiger partial charge in [0.1, 0.15) is 0 Å². The van der Waals surface area contributed by atoms with Crippen molar-refractivity contribution in [2.75, 3.05) is 20.2 Å². The molecule has 0 fully saturated rings. The number of unbranched alkanes of at least 4 members (excludes halogenated alkanes) is 5. The van der Waals surface area contributed by atoms with E-state index < -0.39 is 0 Å². The minimum atomic E-state index is -0.211. The molecule has 2 aromatic carbocycles. The van der Waals surface area contributed by atoms with Crippen LogP contribution in [0.3, 0.4) is 0 Å². The zero-order valence-corrected chi connectivity index (χ0v) is 19.6. The number of benzene rings is 2. The molecular formula is C27H33N3O3. The smallest absolute Gasteiger partial charge is 0.266 e. The first-order valence-corrected chi connectivity index (χ1v) is 12.1. The van der Waals surface area contributed by atoms with Crippen molar-refractivity contribution >= 4 is 16.7 Å². The molecule has 0 radical (unpaired) electrons. The summed E-state index contributed by atoms with van der Waals surface area (Å²) < 4.78 is 1.47. The minimum absolute atomic E-state index is 0.0849. The highest BCUT2D eigenvalue weighted by atomic mass is 16.3. The van der Waals surface area contributed by atoms with E-state index in [1.807, 2.05) is 42.3 Å². The number of carbonyl (C=O) groups is 1. The molecule has 0 unspecified atom stereocenters. The average Bonchev–Trinajstić information content (AvgIpc) is 3.08. The maximum absolute atomic E-state index is 13.4. The number of aryl methyl sites for hydroxylation is 1. The normalized spacial score (nSPS) is 12.5. The predicted molar refractivity (Wildman–Crippen MR) is 131 cm³/mol. The Kier molecular flexibility index (Phi) is 7.36. The van der Waals surface area contributed by atoms with Gasteiger partial charge in [0.05, 0.1) is 28.8 Å². The van der Waals surface area contributed by atoms with Crippen LogP contribution in [0.15, 0.2) is 41.2 Å². The summed E-state index contributed by atoms with van der Waals surface area (Å²) in [4.78, 5) is 33.1. The molecule has 6 heteroatoms. The van der Waals surface area contributed by atoms with Gasteiger partial charge >= 0.3 is 0 Å². The molecule has 0 aliphatic carbocycles. The highest BCUT2D eigenvalue weighted by molar-refractivity contribution is 6.13. The fraction of sp³-hybridized carbons (Fsp3) is 0.444. The topological polar surface area (TPSA) is 75.4 Å². The molecule has 0 spiro atoms. The summed E-state index contributed by atoms with van der Waals surface area (Å²) in [7, 11) is 1.92.